The third-order valence-corrected chi connectivity index (χ3v) is 4.05. The van der Waals surface area contributed by atoms with E-state index < -0.39 is 28.6 Å². The molecule has 1 atom stereocenters. The monoisotopic (exact) mass is 430 g/mol. The number of carbonyl (C=O) groups is 2. The normalized spacial score (nSPS) is 12.1. The van der Waals surface area contributed by atoms with E-state index in [9.17, 15) is 24.8 Å². The Hall–Kier alpha value is -3.30. The number of ether oxygens (including phenoxy) is 2. The smallest absolute Gasteiger partial charge is 0.320 e. The van der Waals surface area contributed by atoms with Crippen molar-refractivity contribution in [1.29, 1.82) is 0 Å². The molecule has 0 spiro atoms. The van der Waals surface area contributed by atoms with Crippen LogP contribution in [0.25, 0.3) is 0 Å². The van der Waals surface area contributed by atoms with Crippen LogP contribution in [0.5, 0.6) is 5.75 Å². The van der Waals surface area contributed by atoms with Crippen molar-refractivity contribution in [1.82, 2.24) is 5.32 Å². The first kappa shape index (κ1) is 24.0. The minimum Gasteiger partial charge on any atom is -0.459 e. The third kappa shape index (κ3) is 8.15. The molecular formula is C22H26N2O7. The van der Waals surface area contributed by atoms with Gasteiger partial charge in [-0.3, -0.25) is 19.7 Å². The van der Waals surface area contributed by atoms with Crippen LogP contribution in [0.15, 0.2) is 48.5 Å². The molecule has 0 saturated carbocycles. The Labute approximate surface area is 180 Å². The van der Waals surface area contributed by atoms with Gasteiger partial charge in [0.2, 0.25) is 0 Å². The zero-order chi connectivity index (χ0) is 23.0. The van der Waals surface area contributed by atoms with Crippen LogP contribution in [0.3, 0.4) is 0 Å². The molecule has 0 amide bonds. The summed E-state index contributed by atoms with van der Waals surface area (Å²) in [6, 6.07) is 12.2. The fraction of sp³-hybridized carbons (Fsp3) is 0.364. The lowest BCUT2D eigenvalue weighted by atomic mass is 10.1. The van der Waals surface area contributed by atoms with Crippen molar-refractivity contribution in [2.45, 2.75) is 38.9 Å². The van der Waals surface area contributed by atoms with E-state index in [1.807, 2.05) is 0 Å². The van der Waals surface area contributed by atoms with Gasteiger partial charge in [-0.2, -0.15) is 0 Å². The van der Waals surface area contributed by atoms with Gasteiger partial charge in [0.05, 0.1) is 24.0 Å². The first-order valence-electron chi connectivity index (χ1n) is 9.69. The van der Waals surface area contributed by atoms with E-state index in [4.69, 9.17) is 9.47 Å². The fourth-order valence-electron chi connectivity index (χ4n) is 2.73. The Balaban J connectivity index is 1.85. The van der Waals surface area contributed by atoms with Gasteiger partial charge in [-0.1, -0.05) is 30.3 Å². The number of benzene rings is 2. The summed E-state index contributed by atoms with van der Waals surface area (Å²) in [6.07, 6.45) is -1.12. The van der Waals surface area contributed by atoms with Crippen molar-refractivity contribution < 1.29 is 29.1 Å². The average molecular weight is 430 g/mol. The molecule has 2 aromatic rings. The number of para-hydroxylation sites is 1. The fourth-order valence-corrected chi connectivity index (χ4v) is 2.73. The van der Waals surface area contributed by atoms with E-state index in [1.165, 1.54) is 30.3 Å². The van der Waals surface area contributed by atoms with Gasteiger partial charge in [-0.15, -0.1) is 0 Å². The summed E-state index contributed by atoms with van der Waals surface area (Å²) in [7, 11) is 0. The maximum Gasteiger partial charge on any atom is 0.320 e. The lowest BCUT2D eigenvalue weighted by molar-refractivity contribution is -0.385. The molecule has 31 heavy (non-hydrogen) atoms. The van der Waals surface area contributed by atoms with Crippen LogP contribution in [0, 0.1) is 10.1 Å². The Kier molecular flexibility index (Phi) is 8.23. The summed E-state index contributed by atoms with van der Waals surface area (Å²) in [4.78, 5) is 34.3. The highest BCUT2D eigenvalue weighted by Gasteiger charge is 2.18. The quantitative estimate of drug-likeness (QED) is 0.269. The Morgan fingerprint density at radius 3 is 2.35 bits per heavy atom. The van der Waals surface area contributed by atoms with Crippen molar-refractivity contribution in [3.63, 3.8) is 0 Å². The van der Waals surface area contributed by atoms with Gasteiger partial charge in [0, 0.05) is 18.2 Å². The number of rotatable bonds is 9. The molecule has 0 aromatic heterocycles. The number of nitrogens with one attached hydrogen (secondary N) is 1. The second kappa shape index (κ2) is 10.6. The predicted octanol–water partition coefficient (Wildman–Crippen LogP) is 2.71. The van der Waals surface area contributed by atoms with Crippen molar-refractivity contribution in [3.05, 3.63) is 69.8 Å². The SMILES string of the molecule is CC(C)(C)OC(=O)CNCC(O)c1ccc(OC(=O)Cc2ccccc2[N+](=O)[O-])cc1. The molecule has 0 radical (unpaired) electrons. The van der Waals surface area contributed by atoms with E-state index in [1.54, 1.807) is 39.0 Å². The van der Waals surface area contributed by atoms with Crippen LogP contribution < -0.4 is 10.1 Å². The van der Waals surface area contributed by atoms with Crippen molar-refractivity contribution in [2.24, 2.45) is 0 Å². The van der Waals surface area contributed by atoms with Gasteiger partial charge in [0.25, 0.3) is 5.69 Å². The maximum atomic E-state index is 12.1. The van der Waals surface area contributed by atoms with Crippen molar-refractivity contribution in [2.75, 3.05) is 13.1 Å². The molecule has 0 fully saturated rings. The average Bonchev–Trinajstić information content (AvgIpc) is 2.67. The molecule has 9 heteroatoms. The largest absolute Gasteiger partial charge is 0.459 e. The summed E-state index contributed by atoms with van der Waals surface area (Å²) in [6.45, 7) is 5.42. The second-order valence-corrected chi connectivity index (χ2v) is 7.84. The lowest BCUT2D eigenvalue weighted by Gasteiger charge is -2.20. The zero-order valence-electron chi connectivity index (χ0n) is 17.7. The predicted molar refractivity (Wildman–Crippen MR) is 113 cm³/mol. The molecule has 0 aliphatic heterocycles. The molecule has 0 aliphatic rings. The molecular weight excluding hydrogens is 404 g/mol. The number of hydrogen-bond acceptors (Lipinski definition) is 8. The molecule has 2 rings (SSSR count). The van der Waals surface area contributed by atoms with E-state index in [0.717, 1.165) is 0 Å². The molecule has 0 bridgehead atoms. The highest BCUT2D eigenvalue weighted by atomic mass is 16.6. The van der Waals surface area contributed by atoms with Crippen LogP contribution in [0.1, 0.15) is 38.0 Å². The first-order chi connectivity index (χ1) is 14.5. The van der Waals surface area contributed by atoms with Gasteiger partial charge < -0.3 is 19.9 Å². The second-order valence-electron chi connectivity index (χ2n) is 7.84. The Morgan fingerprint density at radius 2 is 1.74 bits per heavy atom. The van der Waals surface area contributed by atoms with Crippen molar-refractivity contribution in [3.8, 4) is 5.75 Å². The number of hydrogen-bond donors (Lipinski definition) is 2. The Bertz CT molecular complexity index is 920. The van der Waals surface area contributed by atoms with Gasteiger partial charge in [-0.05, 0) is 38.5 Å². The molecule has 2 aromatic carbocycles. The molecule has 0 aliphatic carbocycles. The highest BCUT2D eigenvalue weighted by Crippen LogP contribution is 2.21. The number of nitro benzene ring substituents is 1. The number of esters is 2. The van der Waals surface area contributed by atoms with E-state index in [-0.39, 0.29) is 36.5 Å². The Morgan fingerprint density at radius 1 is 1.10 bits per heavy atom. The van der Waals surface area contributed by atoms with Gasteiger partial charge in [0.1, 0.15) is 11.4 Å². The molecule has 166 valence electrons. The summed E-state index contributed by atoms with van der Waals surface area (Å²) < 4.78 is 10.4. The number of carbonyl (C=O) groups excluding carboxylic acids is 2. The third-order valence-electron chi connectivity index (χ3n) is 4.05. The molecule has 2 N–H and O–H groups in total. The van der Waals surface area contributed by atoms with Crippen LogP contribution in [-0.2, 0) is 20.7 Å². The summed E-state index contributed by atoms with van der Waals surface area (Å²) in [5.74, 6) is -0.802. The van der Waals surface area contributed by atoms with Gasteiger partial charge >= 0.3 is 11.9 Å². The number of nitro groups is 1. The van der Waals surface area contributed by atoms with Crippen LogP contribution in [0.4, 0.5) is 5.69 Å². The molecule has 0 saturated heterocycles. The number of aliphatic hydroxyl groups excluding tert-OH is 1. The van der Waals surface area contributed by atoms with Crippen LogP contribution in [-0.4, -0.2) is 40.7 Å². The summed E-state index contributed by atoms with van der Waals surface area (Å²) in [5, 5.41) is 24.1. The topological polar surface area (TPSA) is 128 Å². The standard InChI is InChI=1S/C22H26N2O7/c1-22(2,3)31-21(27)14-23-13-19(25)15-8-10-17(11-9-15)30-20(26)12-16-6-4-5-7-18(16)24(28)29/h4-11,19,23,25H,12-14H2,1-3H3. The minimum atomic E-state index is -0.876. The van der Waals surface area contributed by atoms with Crippen LogP contribution in [0.2, 0.25) is 0 Å². The molecule has 9 nitrogen and oxygen atoms in total. The van der Waals surface area contributed by atoms with Gasteiger partial charge in [0.15, 0.2) is 0 Å². The highest BCUT2D eigenvalue weighted by molar-refractivity contribution is 5.76. The molecule has 0 heterocycles. The first-order valence-corrected chi connectivity index (χ1v) is 9.69. The number of nitrogens with zero attached hydrogens (tertiary/aromatic N) is 1. The maximum absolute atomic E-state index is 12.1. The zero-order valence-corrected chi connectivity index (χ0v) is 17.7. The summed E-state index contributed by atoms with van der Waals surface area (Å²) >= 11 is 0. The lowest BCUT2D eigenvalue weighted by Crippen LogP contribution is -2.33. The van der Waals surface area contributed by atoms with Gasteiger partial charge in [-0.25, -0.2) is 0 Å². The van der Waals surface area contributed by atoms with Crippen LogP contribution >= 0.6 is 0 Å². The number of aliphatic hydroxyl groups is 1. The van der Waals surface area contributed by atoms with E-state index in [0.29, 0.717) is 5.56 Å². The minimum absolute atomic E-state index is 0.0321. The van der Waals surface area contributed by atoms with Crippen molar-refractivity contribution >= 4 is 17.6 Å². The molecule has 1 unspecified atom stereocenters. The van der Waals surface area contributed by atoms with E-state index in [2.05, 4.69) is 5.32 Å². The van der Waals surface area contributed by atoms with E-state index >= 15 is 0 Å². The summed E-state index contributed by atoms with van der Waals surface area (Å²) in [5.41, 5.74) is 0.114.